The zero-order valence-corrected chi connectivity index (χ0v) is 8.83. The predicted octanol–water partition coefficient (Wildman–Crippen LogP) is 2.55. The Labute approximate surface area is 85.9 Å². The van der Waals surface area contributed by atoms with Crippen LogP contribution < -0.4 is 5.73 Å². The number of amides is 1. The number of allylic oxidation sites excluding steroid dienone is 3. The van der Waals surface area contributed by atoms with E-state index in [2.05, 4.69) is 19.1 Å². The van der Waals surface area contributed by atoms with Gasteiger partial charge in [-0.15, -0.1) is 0 Å². The molecule has 1 saturated carbocycles. The molecule has 2 N–H and O–H groups in total. The molecule has 2 nitrogen and oxygen atoms in total. The molecule has 0 saturated heterocycles. The lowest BCUT2D eigenvalue weighted by molar-refractivity contribution is -0.114. The monoisotopic (exact) mass is 193 g/mol. The molecule has 0 atom stereocenters. The van der Waals surface area contributed by atoms with E-state index in [9.17, 15) is 4.79 Å². The summed E-state index contributed by atoms with van der Waals surface area (Å²) in [6.45, 7) is 2.12. The van der Waals surface area contributed by atoms with Gasteiger partial charge in [-0.2, -0.15) is 0 Å². The van der Waals surface area contributed by atoms with Crippen LogP contribution in [-0.4, -0.2) is 5.91 Å². The normalized spacial score (nSPS) is 17.6. The van der Waals surface area contributed by atoms with E-state index in [1.54, 1.807) is 0 Å². The molecule has 0 bridgehead atoms. The van der Waals surface area contributed by atoms with Crippen LogP contribution in [0.3, 0.4) is 0 Å². The van der Waals surface area contributed by atoms with Gasteiger partial charge in [0, 0.05) is 5.57 Å². The molecule has 0 aromatic carbocycles. The van der Waals surface area contributed by atoms with Crippen LogP contribution in [0.15, 0.2) is 23.8 Å². The van der Waals surface area contributed by atoms with E-state index >= 15 is 0 Å². The fourth-order valence-electron chi connectivity index (χ4n) is 1.48. The van der Waals surface area contributed by atoms with Gasteiger partial charge >= 0.3 is 0 Å². The molecule has 1 fully saturated rings. The summed E-state index contributed by atoms with van der Waals surface area (Å²) < 4.78 is 0. The van der Waals surface area contributed by atoms with E-state index in [0.29, 0.717) is 5.92 Å². The number of unbranched alkanes of at least 4 members (excludes halogenated alkanes) is 1. The van der Waals surface area contributed by atoms with Gasteiger partial charge in [-0.25, -0.2) is 0 Å². The topological polar surface area (TPSA) is 43.1 Å². The van der Waals surface area contributed by atoms with Crippen molar-refractivity contribution in [3.8, 4) is 0 Å². The van der Waals surface area contributed by atoms with Gasteiger partial charge in [0.1, 0.15) is 0 Å². The summed E-state index contributed by atoms with van der Waals surface area (Å²) in [7, 11) is 0. The number of rotatable bonds is 6. The summed E-state index contributed by atoms with van der Waals surface area (Å²) in [6.07, 6.45) is 11.6. The quantitative estimate of drug-likeness (QED) is 0.393. The van der Waals surface area contributed by atoms with Crippen molar-refractivity contribution >= 4 is 5.91 Å². The Morgan fingerprint density at radius 3 is 2.57 bits per heavy atom. The third kappa shape index (κ3) is 3.77. The van der Waals surface area contributed by atoms with Gasteiger partial charge in [0.2, 0.25) is 5.91 Å². The van der Waals surface area contributed by atoms with Crippen molar-refractivity contribution < 1.29 is 4.79 Å². The molecule has 0 aliphatic heterocycles. The van der Waals surface area contributed by atoms with Gasteiger partial charge in [-0.05, 0) is 38.0 Å². The molecule has 1 aliphatic rings. The Balaban J connectivity index is 2.32. The molecule has 0 spiro atoms. The average molecular weight is 193 g/mol. The Kier molecular flexibility index (Phi) is 4.44. The highest BCUT2D eigenvalue weighted by molar-refractivity contribution is 5.92. The first-order valence-corrected chi connectivity index (χ1v) is 5.40. The smallest absolute Gasteiger partial charge is 0.244 e. The second-order valence-corrected chi connectivity index (χ2v) is 3.75. The van der Waals surface area contributed by atoms with Crippen LogP contribution >= 0.6 is 0 Å². The highest BCUT2D eigenvalue weighted by Crippen LogP contribution is 2.36. The average Bonchev–Trinajstić information content (AvgIpc) is 2.94. The fourth-order valence-corrected chi connectivity index (χ4v) is 1.48. The largest absolute Gasteiger partial charge is 0.366 e. The number of hydrogen-bond acceptors (Lipinski definition) is 1. The molecular weight excluding hydrogens is 174 g/mol. The summed E-state index contributed by atoms with van der Waals surface area (Å²) >= 11 is 0. The second kappa shape index (κ2) is 5.63. The third-order valence-corrected chi connectivity index (χ3v) is 2.40. The minimum atomic E-state index is -0.230. The maximum Gasteiger partial charge on any atom is 0.244 e. The zero-order chi connectivity index (χ0) is 10.4. The summed E-state index contributed by atoms with van der Waals surface area (Å²) in [5.41, 5.74) is 6.15. The van der Waals surface area contributed by atoms with Gasteiger partial charge in [-0.3, -0.25) is 4.79 Å². The van der Waals surface area contributed by atoms with Crippen molar-refractivity contribution in [2.75, 3.05) is 0 Å². The van der Waals surface area contributed by atoms with Crippen LogP contribution in [0.5, 0.6) is 0 Å². The van der Waals surface area contributed by atoms with Crippen LogP contribution in [-0.2, 0) is 4.79 Å². The summed E-state index contributed by atoms with van der Waals surface area (Å²) in [4.78, 5) is 11.0. The molecule has 1 amide bonds. The first-order valence-electron chi connectivity index (χ1n) is 5.40. The predicted molar refractivity (Wildman–Crippen MR) is 58.7 cm³/mol. The third-order valence-electron chi connectivity index (χ3n) is 2.40. The molecule has 0 unspecified atom stereocenters. The zero-order valence-electron chi connectivity index (χ0n) is 8.83. The molecular formula is C12H19NO. The molecule has 1 aliphatic carbocycles. The molecule has 0 aromatic rings. The minimum Gasteiger partial charge on any atom is -0.366 e. The number of carbonyl (C=O) groups excluding carboxylic acids is 1. The van der Waals surface area contributed by atoms with Crippen molar-refractivity contribution in [3.63, 3.8) is 0 Å². The van der Waals surface area contributed by atoms with Gasteiger partial charge in [0.15, 0.2) is 0 Å². The van der Waals surface area contributed by atoms with Crippen LogP contribution in [0.1, 0.15) is 39.0 Å². The summed E-state index contributed by atoms with van der Waals surface area (Å²) in [5.74, 6) is 0.245. The number of nitrogens with two attached hydrogens (primary N) is 1. The molecule has 0 aromatic heterocycles. The SMILES string of the molecule is CC/C=C/CC/C=C(/C(N)=O)C1CC1. The molecule has 0 radical (unpaired) electrons. The highest BCUT2D eigenvalue weighted by atomic mass is 16.1. The Hall–Kier alpha value is -1.05. The lowest BCUT2D eigenvalue weighted by atomic mass is 10.1. The standard InChI is InChI=1S/C12H19NO/c1-2-3-4-5-6-7-11(12(13)14)10-8-9-10/h3-4,7,10H,2,5-6,8-9H2,1H3,(H2,13,14)/b4-3+,11-7+. The van der Waals surface area contributed by atoms with E-state index in [1.807, 2.05) is 6.08 Å². The summed E-state index contributed by atoms with van der Waals surface area (Å²) in [5, 5.41) is 0. The Morgan fingerprint density at radius 2 is 2.07 bits per heavy atom. The fraction of sp³-hybridized carbons (Fsp3) is 0.583. The maximum absolute atomic E-state index is 11.0. The lowest BCUT2D eigenvalue weighted by Gasteiger charge is -1.98. The lowest BCUT2D eigenvalue weighted by Crippen LogP contribution is -2.15. The van der Waals surface area contributed by atoms with Crippen molar-refractivity contribution in [3.05, 3.63) is 23.8 Å². The van der Waals surface area contributed by atoms with Crippen LogP contribution in [0, 0.1) is 5.92 Å². The van der Waals surface area contributed by atoms with Crippen LogP contribution in [0.4, 0.5) is 0 Å². The van der Waals surface area contributed by atoms with Crippen molar-refractivity contribution in [2.45, 2.75) is 39.0 Å². The number of hydrogen-bond donors (Lipinski definition) is 1. The van der Waals surface area contributed by atoms with Gasteiger partial charge < -0.3 is 5.73 Å². The number of primary amides is 1. The first kappa shape index (κ1) is 11.0. The highest BCUT2D eigenvalue weighted by Gasteiger charge is 2.28. The molecule has 14 heavy (non-hydrogen) atoms. The maximum atomic E-state index is 11.0. The summed E-state index contributed by atoms with van der Waals surface area (Å²) in [6, 6.07) is 0. The van der Waals surface area contributed by atoms with Crippen LogP contribution in [0.25, 0.3) is 0 Å². The van der Waals surface area contributed by atoms with Gasteiger partial charge in [0.25, 0.3) is 0 Å². The first-order chi connectivity index (χ1) is 6.75. The van der Waals surface area contributed by atoms with Crippen molar-refractivity contribution in [1.82, 2.24) is 0 Å². The van der Waals surface area contributed by atoms with Crippen LogP contribution in [0.2, 0.25) is 0 Å². The molecule has 0 heterocycles. The number of carbonyl (C=O) groups is 1. The Bertz CT molecular complexity index is 249. The van der Waals surface area contributed by atoms with Gasteiger partial charge in [0.05, 0.1) is 0 Å². The van der Waals surface area contributed by atoms with Crippen molar-refractivity contribution in [1.29, 1.82) is 0 Å². The minimum absolute atomic E-state index is 0.230. The molecule has 2 heteroatoms. The van der Waals surface area contributed by atoms with E-state index in [4.69, 9.17) is 5.73 Å². The van der Waals surface area contributed by atoms with E-state index < -0.39 is 0 Å². The van der Waals surface area contributed by atoms with Gasteiger partial charge in [-0.1, -0.05) is 25.2 Å². The van der Waals surface area contributed by atoms with E-state index in [1.165, 1.54) is 0 Å². The molecule has 78 valence electrons. The Morgan fingerprint density at radius 1 is 1.36 bits per heavy atom. The molecule has 1 rings (SSSR count). The second-order valence-electron chi connectivity index (χ2n) is 3.75. The van der Waals surface area contributed by atoms with Crippen molar-refractivity contribution in [2.24, 2.45) is 11.7 Å². The van der Waals surface area contributed by atoms with E-state index in [-0.39, 0.29) is 5.91 Å². The van der Waals surface area contributed by atoms with E-state index in [0.717, 1.165) is 37.7 Å².